The summed E-state index contributed by atoms with van der Waals surface area (Å²) in [4.78, 5) is 29.7. The highest BCUT2D eigenvalue weighted by atomic mass is 16.5. The van der Waals surface area contributed by atoms with Crippen LogP contribution in [0.5, 0.6) is 5.75 Å². The molecule has 7 heteroatoms. The van der Waals surface area contributed by atoms with Gasteiger partial charge >= 0.3 is 0 Å². The lowest BCUT2D eigenvalue weighted by molar-refractivity contribution is -0.124. The van der Waals surface area contributed by atoms with Crippen molar-refractivity contribution in [1.82, 2.24) is 19.9 Å². The lowest BCUT2D eigenvalue weighted by Crippen LogP contribution is -2.40. The lowest BCUT2D eigenvalue weighted by Gasteiger charge is -2.16. The van der Waals surface area contributed by atoms with Gasteiger partial charge < -0.3 is 10.1 Å². The summed E-state index contributed by atoms with van der Waals surface area (Å²) in [6.07, 6.45) is 5.93. The second-order valence-corrected chi connectivity index (χ2v) is 8.63. The highest BCUT2D eigenvalue weighted by Crippen LogP contribution is 2.48. The molecule has 2 fully saturated rings. The van der Waals surface area contributed by atoms with Gasteiger partial charge in [0.25, 0.3) is 0 Å². The Kier molecular flexibility index (Phi) is 4.76. The number of amides is 1. The summed E-state index contributed by atoms with van der Waals surface area (Å²) >= 11 is 0. The highest BCUT2D eigenvalue weighted by Gasteiger charge is 2.55. The van der Waals surface area contributed by atoms with E-state index in [0.717, 1.165) is 36.9 Å². The number of benzene rings is 1. The minimum Gasteiger partial charge on any atom is -0.493 e. The molecule has 2 saturated carbocycles. The van der Waals surface area contributed by atoms with Gasteiger partial charge in [-0.05, 0) is 50.8 Å². The number of rotatable bonds is 6. The van der Waals surface area contributed by atoms with Gasteiger partial charge in [0.15, 0.2) is 23.0 Å². The Morgan fingerprint density at radius 1 is 1.16 bits per heavy atom. The molecule has 1 aromatic carbocycles. The largest absolute Gasteiger partial charge is 0.493 e. The Morgan fingerprint density at radius 3 is 2.61 bits per heavy atom. The molecule has 0 unspecified atom stereocenters. The van der Waals surface area contributed by atoms with E-state index < -0.39 is 5.41 Å². The average Bonchev–Trinajstić information content (AvgIpc) is 3.20. The molecule has 1 amide bonds. The van der Waals surface area contributed by atoms with Crippen molar-refractivity contribution in [2.24, 2.45) is 0 Å². The standard InChI is InChI=1S/C24H26N4O3/c1-15(29)16-6-5-7-17(14-16)19-10-11-20(31-2)21-26-22(27-28(19)21)24(12-13-24)23(30)25-18-8-3-4-9-18/h5-7,10-11,14,18H,3-4,8-9,12-13H2,1-2H3,(H,25,30). The normalized spacial score (nSPS) is 17.6. The number of hydrogen-bond acceptors (Lipinski definition) is 5. The molecule has 0 atom stereocenters. The van der Waals surface area contributed by atoms with Crippen LogP contribution in [0.1, 0.15) is 61.6 Å². The van der Waals surface area contributed by atoms with Crippen molar-refractivity contribution in [3.8, 4) is 17.0 Å². The molecule has 2 heterocycles. The van der Waals surface area contributed by atoms with E-state index in [2.05, 4.69) is 5.32 Å². The van der Waals surface area contributed by atoms with E-state index >= 15 is 0 Å². The number of hydrogen-bond donors (Lipinski definition) is 1. The summed E-state index contributed by atoms with van der Waals surface area (Å²) < 4.78 is 7.25. The molecule has 1 N–H and O–H groups in total. The van der Waals surface area contributed by atoms with Crippen LogP contribution in [0.25, 0.3) is 16.9 Å². The second-order valence-electron chi connectivity index (χ2n) is 8.63. The molecule has 0 saturated heterocycles. The quantitative estimate of drug-likeness (QED) is 0.617. The first-order chi connectivity index (χ1) is 15.0. The van der Waals surface area contributed by atoms with Gasteiger partial charge in [0.1, 0.15) is 5.41 Å². The zero-order valence-corrected chi connectivity index (χ0v) is 17.9. The van der Waals surface area contributed by atoms with Crippen molar-refractivity contribution in [2.75, 3.05) is 7.11 Å². The van der Waals surface area contributed by atoms with E-state index in [0.29, 0.717) is 22.8 Å². The second kappa shape index (κ2) is 7.48. The molecular formula is C24H26N4O3. The molecule has 0 bridgehead atoms. The van der Waals surface area contributed by atoms with Crippen molar-refractivity contribution < 1.29 is 14.3 Å². The monoisotopic (exact) mass is 418 g/mol. The molecule has 160 valence electrons. The molecule has 31 heavy (non-hydrogen) atoms. The van der Waals surface area contributed by atoms with Crippen LogP contribution < -0.4 is 10.1 Å². The summed E-state index contributed by atoms with van der Waals surface area (Å²) in [5, 5.41) is 8.00. The number of pyridine rings is 1. The molecule has 3 aromatic rings. The topological polar surface area (TPSA) is 85.6 Å². The SMILES string of the molecule is COc1ccc(-c2cccc(C(C)=O)c2)n2nc(C3(C(=O)NC4CCCC4)CC3)nc12. The molecular weight excluding hydrogens is 392 g/mol. The summed E-state index contributed by atoms with van der Waals surface area (Å²) in [6, 6.07) is 11.5. The molecule has 0 spiro atoms. The third-order valence-electron chi connectivity index (χ3n) is 6.54. The van der Waals surface area contributed by atoms with E-state index in [4.69, 9.17) is 14.8 Å². The lowest BCUT2D eigenvalue weighted by atomic mass is 10.0. The molecule has 0 aliphatic heterocycles. The number of carbonyl (C=O) groups is 2. The van der Waals surface area contributed by atoms with Crippen molar-refractivity contribution >= 4 is 17.3 Å². The maximum atomic E-state index is 13.1. The van der Waals surface area contributed by atoms with Gasteiger partial charge in [-0.1, -0.05) is 31.0 Å². The number of ether oxygens (including phenoxy) is 1. The van der Waals surface area contributed by atoms with Gasteiger partial charge in [0.05, 0.1) is 12.8 Å². The number of Topliss-reactive ketones (excluding diaryl/α,β-unsaturated/α-hetero) is 1. The molecule has 0 radical (unpaired) electrons. The van der Waals surface area contributed by atoms with Crippen molar-refractivity contribution in [2.45, 2.75) is 56.9 Å². The third-order valence-corrected chi connectivity index (χ3v) is 6.54. The number of nitrogens with zero attached hydrogens (tertiary/aromatic N) is 3. The van der Waals surface area contributed by atoms with E-state index in [1.54, 1.807) is 24.6 Å². The molecule has 5 rings (SSSR count). The predicted octanol–water partition coefficient (Wildman–Crippen LogP) is 3.70. The number of carbonyl (C=O) groups excluding carboxylic acids is 2. The van der Waals surface area contributed by atoms with Gasteiger partial charge in [-0.3, -0.25) is 9.59 Å². The zero-order valence-electron chi connectivity index (χ0n) is 17.9. The van der Waals surface area contributed by atoms with Crippen molar-refractivity contribution in [1.29, 1.82) is 0 Å². The minimum absolute atomic E-state index is 0.00593. The number of methoxy groups -OCH3 is 1. The fourth-order valence-corrected chi connectivity index (χ4v) is 4.49. The first-order valence-electron chi connectivity index (χ1n) is 10.9. The Bertz CT molecular complexity index is 1170. The van der Waals surface area contributed by atoms with Crippen molar-refractivity contribution in [3.63, 3.8) is 0 Å². The Labute approximate surface area is 180 Å². The molecule has 2 aliphatic rings. The van der Waals surface area contributed by atoms with Crippen LogP contribution >= 0.6 is 0 Å². The first-order valence-corrected chi connectivity index (χ1v) is 10.9. The van der Waals surface area contributed by atoms with Crippen molar-refractivity contribution in [3.05, 3.63) is 47.8 Å². The fraction of sp³-hybridized carbons (Fsp3) is 0.417. The zero-order chi connectivity index (χ0) is 21.6. The Morgan fingerprint density at radius 2 is 1.94 bits per heavy atom. The fourth-order valence-electron chi connectivity index (χ4n) is 4.49. The predicted molar refractivity (Wildman–Crippen MR) is 116 cm³/mol. The molecule has 2 aromatic heterocycles. The Hall–Kier alpha value is -3.22. The maximum Gasteiger partial charge on any atom is 0.234 e. The molecule has 2 aliphatic carbocycles. The van der Waals surface area contributed by atoms with Gasteiger partial charge in [-0.2, -0.15) is 0 Å². The Balaban J connectivity index is 1.57. The average molecular weight is 418 g/mol. The van der Waals surface area contributed by atoms with Crippen LogP contribution in [0.3, 0.4) is 0 Å². The van der Waals surface area contributed by atoms with Gasteiger partial charge in [-0.25, -0.2) is 9.50 Å². The number of fused-ring (bicyclic) bond motifs is 1. The van der Waals surface area contributed by atoms with E-state index in [1.807, 2.05) is 30.3 Å². The number of nitrogens with one attached hydrogen (secondary N) is 1. The van der Waals surface area contributed by atoms with Crippen LogP contribution in [-0.4, -0.2) is 39.4 Å². The van der Waals surface area contributed by atoms with Crippen LogP contribution in [0.15, 0.2) is 36.4 Å². The maximum absolute atomic E-state index is 13.1. The van der Waals surface area contributed by atoms with Gasteiger partial charge in [0, 0.05) is 17.2 Å². The number of ketones is 1. The smallest absolute Gasteiger partial charge is 0.234 e. The van der Waals surface area contributed by atoms with Crippen LogP contribution in [0.4, 0.5) is 0 Å². The summed E-state index contributed by atoms with van der Waals surface area (Å²) in [5.41, 5.74) is 2.21. The van der Waals surface area contributed by atoms with Crippen LogP contribution in [-0.2, 0) is 10.2 Å². The van der Waals surface area contributed by atoms with E-state index in [9.17, 15) is 9.59 Å². The van der Waals surface area contributed by atoms with E-state index in [1.165, 1.54) is 12.8 Å². The number of aromatic nitrogens is 3. The summed E-state index contributed by atoms with van der Waals surface area (Å²) in [5.74, 6) is 1.18. The van der Waals surface area contributed by atoms with Gasteiger partial charge in [-0.15, -0.1) is 5.10 Å². The first kappa shape index (κ1) is 19.7. The summed E-state index contributed by atoms with van der Waals surface area (Å²) in [6.45, 7) is 1.55. The van der Waals surface area contributed by atoms with E-state index in [-0.39, 0.29) is 17.7 Å². The third kappa shape index (κ3) is 3.38. The van der Waals surface area contributed by atoms with Crippen LogP contribution in [0.2, 0.25) is 0 Å². The summed E-state index contributed by atoms with van der Waals surface area (Å²) in [7, 11) is 1.60. The van der Waals surface area contributed by atoms with Gasteiger partial charge in [0.2, 0.25) is 5.91 Å². The van der Waals surface area contributed by atoms with Crippen LogP contribution in [0, 0.1) is 0 Å². The highest BCUT2D eigenvalue weighted by molar-refractivity contribution is 5.95. The minimum atomic E-state index is -0.655. The molecule has 7 nitrogen and oxygen atoms in total.